The minimum absolute atomic E-state index is 0.310. The van der Waals surface area contributed by atoms with Gasteiger partial charge in [0.05, 0.1) is 20.8 Å². The molecule has 0 radical (unpaired) electrons. The summed E-state index contributed by atoms with van der Waals surface area (Å²) in [6.07, 6.45) is 3.39. The molecule has 1 N–H and O–H groups in total. The summed E-state index contributed by atoms with van der Waals surface area (Å²) in [5.74, 6) is 0.931. The van der Waals surface area contributed by atoms with Crippen LogP contribution in [-0.2, 0) is 0 Å². The van der Waals surface area contributed by atoms with Crippen molar-refractivity contribution in [2.75, 3.05) is 5.32 Å². The van der Waals surface area contributed by atoms with Gasteiger partial charge in [-0.3, -0.25) is 0 Å². The number of aryl methyl sites for hydroxylation is 1. The van der Waals surface area contributed by atoms with E-state index in [0.29, 0.717) is 27.2 Å². The second-order valence-corrected chi connectivity index (χ2v) is 6.87. The summed E-state index contributed by atoms with van der Waals surface area (Å²) in [7, 11) is 0. The highest BCUT2D eigenvalue weighted by molar-refractivity contribution is 7.22. The fourth-order valence-corrected chi connectivity index (χ4v) is 3.85. The van der Waals surface area contributed by atoms with E-state index in [4.69, 9.17) is 11.6 Å². The third-order valence-electron chi connectivity index (χ3n) is 3.64. The fraction of sp³-hybridized carbons (Fsp3) is 0.0556. The molecule has 0 aliphatic heterocycles. The standard InChI is InChI=1S/C18H12ClFN4S/c1-10-5-7-21-14(9-10)24-17-16-13(6-8-22-17)23-18(25-16)15-11(19)3-2-4-12(15)20/h2-9H,1H3,(H,21,22,24). The Hall–Kier alpha value is -2.57. The van der Waals surface area contributed by atoms with Gasteiger partial charge < -0.3 is 5.32 Å². The molecule has 0 spiro atoms. The van der Waals surface area contributed by atoms with Crippen molar-refractivity contribution in [1.82, 2.24) is 15.0 Å². The molecule has 25 heavy (non-hydrogen) atoms. The number of halogens is 2. The summed E-state index contributed by atoms with van der Waals surface area (Å²) in [6, 6.07) is 10.2. The van der Waals surface area contributed by atoms with Gasteiger partial charge in [0, 0.05) is 12.4 Å². The largest absolute Gasteiger partial charge is 0.324 e. The van der Waals surface area contributed by atoms with Crippen molar-refractivity contribution in [2.24, 2.45) is 0 Å². The van der Waals surface area contributed by atoms with Gasteiger partial charge in [-0.05, 0) is 42.8 Å². The lowest BCUT2D eigenvalue weighted by Crippen LogP contribution is -1.95. The van der Waals surface area contributed by atoms with E-state index in [9.17, 15) is 4.39 Å². The zero-order valence-electron chi connectivity index (χ0n) is 13.1. The van der Waals surface area contributed by atoms with E-state index in [2.05, 4.69) is 20.3 Å². The van der Waals surface area contributed by atoms with Crippen LogP contribution in [0.5, 0.6) is 0 Å². The Balaban J connectivity index is 1.82. The molecule has 0 atom stereocenters. The lowest BCUT2D eigenvalue weighted by atomic mass is 10.2. The zero-order chi connectivity index (χ0) is 17.4. The molecule has 7 heteroatoms. The zero-order valence-corrected chi connectivity index (χ0v) is 14.7. The molecule has 3 heterocycles. The number of thiazole rings is 1. The molecule has 0 aliphatic rings. The highest BCUT2D eigenvalue weighted by Gasteiger charge is 2.16. The molecule has 0 saturated carbocycles. The normalized spacial score (nSPS) is 11.0. The van der Waals surface area contributed by atoms with Gasteiger partial charge in [-0.2, -0.15) is 0 Å². The monoisotopic (exact) mass is 370 g/mol. The number of rotatable bonds is 3. The van der Waals surface area contributed by atoms with Crippen molar-refractivity contribution >= 4 is 44.8 Å². The van der Waals surface area contributed by atoms with Crippen LogP contribution in [0.15, 0.2) is 48.8 Å². The molecule has 0 bridgehead atoms. The number of pyridine rings is 2. The average Bonchev–Trinajstić information content (AvgIpc) is 2.99. The van der Waals surface area contributed by atoms with E-state index >= 15 is 0 Å². The molecule has 0 unspecified atom stereocenters. The number of benzene rings is 1. The predicted octanol–water partition coefficient (Wildman–Crippen LogP) is 5.60. The summed E-state index contributed by atoms with van der Waals surface area (Å²) in [4.78, 5) is 13.2. The second-order valence-electron chi connectivity index (χ2n) is 5.47. The van der Waals surface area contributed by atoms with Crippen LogP contribution in [-0.4, -0.2) is 15.0 Å². The molecular formula is C18H12ClFN4S. The minimum atomic E-state index is -0.394. The Morgan fingerprint density at radius 1 is 1.12 bits per heavy atom. The number of hydrogen-bond donors (Lipinski definition) is 1. The molecule has 0 amide bonds. The summed E-state index contributed by atoms with van der Waals surface area (Å²) in [5, 5.41) is 4.06. The third kappa shape index (κ3) is 3.06. The number of nitrogens with one attached hydrogen (secondary N) is 1. The Morgan fingerprint density at radius 3 is 2.76 bits per heavy atom. The van der Waals surface area contributed by atoms with Gasteiger partial charge >= 0.3 is 0 Å². The molecule has 0 aliphatic carbocycles. The summed E-state index contributed by atoms with van der Waals surface area (Å²) >= 11 is 7.50. The average molecular weight is 371 g/mol. The molecule has 1 aromatic carbocycles. The van der Waals surface area contributed by atoms with Crippen molar-refractivity contribution in [2.45, 2.75) is 6.92 Å². The van der Waals surface area contributed by atoms with E-state index in [0.717, 1.165) is 15.8 Å². The van der Waals surface area contributed by atoms with Crippen LogP contribution in [0.2, 0.25) is 5.02 Å². The van der Waals surface area contributed by atoms with E-state index < -0.39 is 5.82 Å². The third-order valence-corrected chi connectivity index (χ3v) is 5.05. The highest BCUT2D eigenvalue weighted by atomic mass is 35.5. The molecule has 124 valence electrons. The van der Waals surface area contributed by atoms with Gasteiger partial charge in [0.1, 0.15) is 16.6 Å². The first-order valence-corrected chi connectivity index (χ1v) is 8.71. The molecule has 4 nitrogen and oxygen atoms in total. The Bertz CT molecular complexity index is 1060. The lowest BCUT2D eigenvalue weighted by Gasteiger charge is -2.05. The molecule has 4 rings (SSSR count). The number of anilines is 2. The summed E-state index contributed by atoms with van der Waals surface area (Å²) < 4.78 is 15.0. The Kier molecular flexibility index (Phi) is 4.07. The maximum absolute atomic E-state index is 14.2. The van der Waals surface area contributed by atoms with E-state index in [1.807, 2.05) is 19.1 Å². The first-order valence-electron chi connectivity index (χ1n) is 7.51. The number of hydrogen-bond acceptors (Lipinski definition) is 5. The summed E-state index contributed by atoms with van der Waals surface area (Å²) in [6.45, 7) is 1.99. The number of aromatic nitrogens is 3. The molecule has 0 fully saturated rings. The van der Waals surface area contributed by atoms with E-state index in [1.165, 1.54) is 17.4 Å². The van der Waals surface area contributed by atoms with E-state index in [-0.39, 0.29) is 0 Å². The number of nitrogens with zero attached hydrogens (tertiary/aromatic N) is 3. The Morgan fingerprint density at radius 2 is 1.96 bits per heavy atom. The van der Waals surface area contributed by atoms with Crippen molar-refractivity contribution in [3.8, 4) is 10.6 Å². The SMILES string of the molecule is Cc1ccnc(Nc2nccc3nc(-c4c(F)cccc4Cl)sc23)c1. The molecular weight excluding hydrogens is 359 g/mol. The van der Waals surface area contributed by atoms with Crippen LogP contribution in [0.3, 0.4) is 0 Å². The van der Waals surface area contributed by atoms with Gasteiger partial charge in [-0.25, -0.2) is 19.3 Å². The number of fused-ring (bicyclic) bond motifs is 1. The lowest BCUT2D eigenvalue weighted by molar-refractivity contribution is 0.631. The molecule has 0 saturated heterocycles. The first kappa shape index (κ1) is 15.9. The maximum atomic E-state index is 14.2. The summed E-state index contributed by atoms with van der Waals surface area (Å²) in [5.41, 5.74) is 2.13. The topological polar surface area (TPSA) is 50.7 Å². The minimum Gasteiger partial charge on any atom is -0.324 e. The van der Waals surface area contributed by atoms with Crippen molar-refractivity contribution in [3.63, 3.8) is 0 Å². The van der Waals surface area contributed by atoms with Gasteiger partial charge in [0.15, 0.2) is 5.82 Å². The van der Waals surface area contributed by atoms with E-state index in [1.54, 1.807) is 30.6 Å². The van der Waals surface area contributed by atoms with Crippen molar-refractivity contribution < 1.29 is 4.39 Å². The van der Waals surface area contributed by atoms with Crippen LogP contribution in [0.4, 0.5) is 16.0 Å². The first-order chi connectivity index (χ1) is 12.1. The van der Waals surface area contributed by atoms with Crippen molar-refractivity contribution in [1.29, 1.82) is 0 Å². The maximum Gasteiger partial charge on any atom is 0.151 e. The molecule has 4 aromatic rings. The van der Waals surface area contributed by atoms with Crippen LogP contribution in [0.1, 0.15) is 5.56 Å². The van der Waals surface area contributed by atoms with Gasteiger partial charge in [0.2, 0.25) is 0 Å². The van der Waals surface area contributed by atoms with Gasteiger partial charge in [-0.1, -0.05) is 17.7 Å². The molecule has 3 aromatic heterocycles. The van der Waals surface area contributed by atoms with Gasteiger partial charge in [-0.15, -0.1) is 11.3 Å². The fourth-order valence-electron chi connectivity index (χ4n) is 2.48. The van der Waals surface area contributed by atoms with Crippen molar-refractivity contribution in [3.05, 3.63) is 65.2 Å². The van der Waals surface area contributed by atoms with Gasteiger partial charge in [0.25, 0.3) is 0 Å². The second kappa shape index (κ2) is 6.38. The predicted molar refractivity (Wildman–Crippen MR) is 100 cm³/mol. The van der Waals surface area contributed by atoms with Crippen LogP contribution in [0.25, 0.3) is 20.8 Å². The van der Waals surface area contributed by atoms with Crippen LogP contribution in [0, 0.1) is 12.7 Å². The Labute approximate surface area is 152 Å². The highest BCUT2D eigenvalue weighted by Crippen LogP contribution is 2.38. The van der Waals surface area contributed by atoms with Crippen LogP contribution < -0.4 is 5.32 Å². The quantitative estimate of drug-likeness (QED) is 0.510. The van der Waals surface area contributed by atoms with Crippen LogP contribution >= 0.6 is 22.9 Å². The smallest absolute Gasteiger partial charge is 0.151 e.